The Hall–Kier alpha value is -4.86. The molecule has 37 heavy (non-hydrogen) atoms. The predicted molar refractivity (Wildman–Crippen MR) is 131 cm³/mol. The highest BCUT2D eigenvalue weighted by atomic mass is 16.5. The molecular formula is C27H22O10. The summed E-state index contributed by atoms with van der Waals surface area (Å²) in [5.41, 5.74) is 0.637. The molecule has 0 saturated heterocycles. The lowest BCUT2D eigenvalue weighted by molar-refractivity contribution is -0.135. The Labute approximate surface area is 209 Å². The number of phenols is 3. The number of benzene rings is 3. The summed E-state index contributed by atoms with van der Waals surface area (Å²) >= 11 is 0. The first-order chi connectivity index (χ1) is 17.7. The molecule has 0 spiro atoms. The van der Waals surface area contributed by atoms with Gasteiger partial charge in [0.1, 0.15) is 34.0 Å². The monoisotopic (exact) mass is 506 g/mol. The van der Waals surface area contributed by atoms with E-state index in [4.69, 9.17) is 23.4 Å². The second-order valence-electron chi connectivity index (χ2n) is 8.37. The lowest BCUT2D eigenvalue weighted by Crippen LogP contribution is -2.22. The SMILES string of the molecule is COc1cc(OC)c(C2CC(=O)Oc3cc(O)c4c(=O)cc(-c5ccc(O)c(O)c5)oc4c32)cc1OC. The third-order valence-corrected chi connectivity index (χ3v) is 6.30. The average Bonchev–Trinajstić information content (AvgIpc) is 2.88. The molecule has 1 aliphatic heterocycles. The van der Waals surface area contributed by atoms with Crippen molar-refractivity contribution < 1.29 is 43.5 Å². The molecule has 0 bridgehead atoms. The van der Waals surface area contributed by atoms with E-state index in [-0.39, 0.29) is 34.6 Å². The number of methoxy groups -OCH3 is 3. The molecule has 2 heterocycles. The van der Waals surface area contributed by atoms with Gasteiger partial charge in [-0.2, -0.15) is 0 Å². The molecule has 1 atom stereocenters. The lowest BCUT2D eigenvalue weighted by Gasteiger charge is -2.27. The van der Waals surface area contributed by atoms with E-state index in [0.29, 0.717) is 33.9 Å². The van der Waals surface area contributed by atoms with E-state index in [9.17, 15) is 24.9 Å². The van der Waals surface area contributed by atoms with Crippen molar-refractivity contribution in [2.75, 3.05) is 21.3 Å². The molecule has 190 valence electrons. The van der Waals surface area contributed by atoms with Gasteiger partial charge in [0.05, 0.1) is 27.8 Å². The number of aromatic hydroxyl groups is 3. The van der Waals surface area contributed by atoms with Crippen molar-refractivity contribution in [3.63, 3.8) is 0 Å². The van der Waals surface area contributed by atoms with Crippen molar-refractivity contribution in [1.29, 1.82) is 0 Å². The number of rotatable bonds is 5. The maximum Gasteiger partial charge on any atom is 0.312 e. The maximum absolute atomic E-state index is 13.1. The van der Waals surface area contributed by atoms with Gasteiger partial charge in [-0.1, -0.05) is 0 Å². The Balaban J connectivity index is 1.83. The fourth-order valence-electron chi connectivity index (χ4n) is 4.57. The van der Waals surface area contributed by atoms with Gasteiger partial charge in [0.15, 0.2) is 28.4 Å². The predicted octanol–water partition coefficient (Wildman–Crippen LogP) is 4.04. The summed E-state index contributed by atoms with van der Waals surface area (Å²) in [4.78, 5) is 25.8. The van der Waals surface area contributed by atoms with E-state index < -0.39 is 28.8 Å². The summed E-state index contributed by atoms with van der Waals surface area (Å²) in [5.74, 6) is -1.14. The van der Waals surface area contributed by atoms with Gasteiger partial charge in [-0.25, -0.2) is 0 Å². The Kier molecular flexibility index (Phi) is 5.79. The maximum atomic E-state index is 13.1. The average molecular weight is 506 g/mol. The van der Waals surface area contributed by atoms with Crippen LogP contribution in [0, 0.1) is 0 Å². The smallest absolute Gasteiger partial charge is 0.312 e. The molecule has 4 aromatic rings. The number of hydrogen-bond acceptors (Lipinski definition) is 10. The standard InChI is InChI=1S/C27H22O10/c1-33-20-11-22(35-3)21(34-2)7-13(20)14-8-24(32)36-23-10-18(31)26-17(30)9-19(37-27(26)25(14)23)12-4-5-15(28)16(29)6-12/h4-7,9-11,14,28-29,31H,8H2,1-3H3. The van der Waals surface area contributed by atoms with Gasteiger partial charge >= 0.3 is 5.97 Å². The van der Waals surface area contributed by atoms with Crippen molar-refractivity contribution >= 4 is 16.9 Å². The fourth-order valence-corrected chi connectivity index (χ4v) is 4.57. The second-order valence-corrected chi connectivity index (χ2v) is 8.37. The Morgan fingerprint density at radius 2 is 1.51 bits per heavy atom. The normalized spacial score (nSPS) is 14.7. The topological polar surface area (TPSA) is 145 Å². The third kappa shape index (κ3) is 3.92. The molecule has 1 unspecified atom stereocenters. The highest BCUT2D eigenvalue weighted by Gasteiger charge is 2.36. The molecule has 3 aromatic carbocycles. The Morgan fingerprint density at radius 1 is 0.811 bits per heavy atom. The van der Waals surface area contributed by atoms with Crippen LogP contribution >= 0.6 is 0 Å². The lowest BCUT2D eigenvalue weighted by atomic mass is 9.84. The first kappa shape index (κ1) is 23.9. The number of esters is 1. The highest BCUT2D eigenvalue weighted by molar-refractivity contribution is 5.93. The van der Waals surface area contributed by atoms with Crippen LogP contribution in [0.25, 0.3) is 22.3 Å². The first-order valence-electron chi connectivity index (χ1n) is 11.1. The minimum Gasteiger partial charge on any atom is -0.507 e. The van der Waals surface area contributed by atoms with Crippen molar-refractivity contribution in [2.24, 2.45) is 0 Å². The summed E-state index contributed by atoms with van der Waals surface area (Å²) in [6.07, 6.45) is -0.118. The zero-order chi connectivity index (χ0) is 26.4. The van der Waals surface area contributed by atoms with Crippen LogP contribution in [0.15, 0.2) is 51.7 Å². The van der Waals surface area contributed by atoms with Crippen LogP contribution < -0.4 is 24.4 Å². The zero-order valence-corrected chi connectivity index (χ0v) is 20.0. The molecule has 10 heteroatoms. The summed E-state index contributed by atoms with van der Waals surface area (Å²) < 4.78 is 28.0. The molecule has 1 aliphatic rings. The van der Waals surface area contributed by atoms with Crippen LogP contribution in [0.1, 0.15) is 23.5 Å². The van der Waals surface area contributed by atoms with Crippen molar-refractivity contribution in [3.05, 3.63) is 63.8 Å². The van der Waals surface area contributed by atoms with Crippen molar-refractivity contribution in [1.82, 2.24) is 0 Å². The van der Waals surface area contributed by atoms with Crippen LogP contribution in [-0.4, -0.2) is 42.6 Å². The van der Waals surface area contributed by atoms with Crippen LogP contribution in [-0.2, 0) is 4.79 Å². The van der Waals surface area contributed by atoms with Gasteiger partial charge < -0.3 is 38.7 Å². The number of carbonyl (C=O) groups is 1. The van der Waals surface area contributed by atoms with Gasteiger partial charge in [-0.05, 0) is 24.3 Å². The molecule has 1 aromatic heterocycles. The fraction of sp³-hybridized carbons (Fsp3) is 0.185. The second kappa shape index (κ2) is 8.98. The molecule has 0 aliphatic carbocycles. The van der Waals surface area contributed by atoms with E-state index >= 15 is 0 Å². The highest BCUT2D eigenvalue weighted by Crippen LogP contribution is 2.49. The number of hydrogen-bond donors (Lipinski definition) is 3. The molecule has 0 radical (unpaired) electrons. The first-order valence-corrected chi connectivity index (χ1v) is 11.1. The van der Waals surface area contributed by atoms with Gasteiger partial charge in [-0.15, -0.1) is 0 Å². The molecule has 0 saturated carbocycles. The van der Waals surface area contributed by atoms with Crippen LogP contribution in [0.2, 0.25) is 0 Å². The van der Waals surface area contributed by atoms with E-state index in [0.717, 1.165) is 0 Å². The Bertz CT molecular complexity index is 1620. The number of ether oxygens (including phenoxy) is 4. The summed E-state index contributed by atoms with van der Waals surface area (Å²) in [6.45, 7) is 0. The van der Waals surface area contributed by atoms with Crippen LogP contribution in [0.3, 0.4) is 0 Å². The van der Waals surface area contributed by atoms with Gasteiger partial charge in [0.25, 0.3) is 0 Å². The van der Waals surface area contributed by atoms with Gasteiger partial charge in [-0.3, -0.25) is 9.59 Å². The Morgan fingerprint density at radius 3 is 2.19 bits per heavy atom. The third-order valence-electron chi connectivity index (χ3n) is 6.30. The molecular weight excluding hydrogens is 484 g/mol. The largest absolute Gasteiger partial charge is 0.507 e. The number of fused-ring (bicyclic) bond motifs is 3. The number of phenolic OH excluding ortho intramolecular Hbond substituents is 3. The quantitative estimate of drug-likeness (QED) is 0.206. The van der Waals surface area contributed by atoms with Crippen LogP contribution in [0.4, 0.5) is 0 Å². The molecule has 5 rings (SSSR count). The van der Waals surface area contributed by atoms with E-state index in [1.807, 2.05) is 0 Å². The van der Waals surface area contributed by atoms with Gasteiger partial charge in [0.2, 0.25) is 0 Å². The molecule has 3 N–H and O–H groups in total. The summed E-state index contributed by atoms with van der Waals surface area (Å²) in [6, 6.07) is 9.62. The summed E-state index contributed by atoms with van der Waals surface area (Å²) in [5, 5.41) is 30.2. The molecule has 10 nitrogen and oxygen atoms in total. The summed E-state index contributed by atoms with van der Waals surface area (Å²) in [7, 11) is 4.43. The minimum atomic E-state index is -0.708. The zero-order valence-electron chi connectivity index (χ0n) is 20.0. The minimum absolute atomic E-state index is 0.000553. The van der Waals surface area contributed by atoms with E-state index in [1.165, 1.54) is 51.7 Å². The van der Waals surface area contributed by atoms with Gasteiger partial charge in [0, 0.05) is 40.8 Å². The van der Waals surface area contributed by atoms with Crippen molar-refractivity contribution in [3.8, 4) is 51.6 Å². The molecule has 0 amide bonds. The van der Waals surface area contributed by atoms with Crippen LogP contribution in [0.5, 0.6) is 40.2 Å². The van der Waals surface area contributed by atoms with E-state index in [2.05, 4.69) is 0 Å². The molecule has 0 fully saturated rings. The van der Waals surface area contributed by atoms with E-state index in [1.54, 1.807) is 12.1 Å². The van der Waals surface area contributed by atoms with Crippen molar-refractivity contribution in [2.45, 2.75) is 12.3 Å². The number of carbonyl (C=O) groups excluding carboxylic acids is 1.